The molecule has 1 unspecified atom stereocenters. The van der Waals surface area contributed by atoms with Gasteiger partial charge in [0.1, 0.15) is 0 Å². The minimum absolute atomic E-state index is 0.692. The maximum absolute atomic E-state index is 2.46. The van der Waals surface area contributed by atoms with Gasteiger partial charge in [-0.3, -0.25) is 0 Å². The molecule has 16 heavy (non-hydrogen) atoms. The SMILES string of the molecule is CCC(C)[C]1C=Cc2cc3c(cc21)CCC3. The Labute approximate surface area is 98.4 Å². The van der Waals surface area contributed by atoms with Crippen LogP contribution in [0.5, 0.6) is 0 Å². The standard InChI is InChI=1S/C16H19/c1-3-11(2)15-8-7-14-9-12-5-4-6-13(12)10-16(14)15/h7-11H,3-6H2,1-2H3. The molecule has 0 N–H and O–H groups in total. The summed E-state index contributed by atoms with van der Waals surface area (Å²) in [5, 5.41) is 0. The van der Waals surface area contributed by atoms with Gasteiger partial charge >= 0.3 is 0 Å². The Kier molecular flexibility index (Phi) is 2.38. The third kappa shape index (κ3) is 1.43. The first kappa shape index (κ1) is 10.1. The van der Waals surface area contributed by atoms with E-state index in [1.807, 2.05) is 0 Å². The van der Waals surface area contributed by atoms with Crippen molar-refractivity contribution in [1.82, 2.24) is 0 Å². The van der Waals surface area contributed by atoms with Crippen LogP contribution in [0.2, 0.25) is 0 Å². The molecule has 0 bridgehead atoms. The summed E-state index contributed by atoms with van der Waals surface area (Å²) < 4.78 is 0. The highest BCUT2D eigenvalue weighted by molar-refractivity contribution is 5.70. The molecule has 1 aromatic rings. The number of hydrogen-bond acceptors (Lipinski definition) is 0. The lowest BCUT2D eigenvalue weighted by atomic mass is 9.86. The zero-order valence-corrected chi connectivity index (χ0v) is 10.2. The molecule has 0 aromatic heterocycles. The summed E-state index contributed by atoms with van der Waals surface area (Å²) >= 11 is 0. The number of fused-ring (bicyclic) bond motifs is 2. The second-order valence-electron chi connectivity index (χ2n) is 5.16. The first-order valence-corrected chi connectivity index (χ1v) is 6.50. The summed E-state index contributed by atoms with van der Waals surface area (Å²) in [5.41, 5.74) is 6.16. The maximum atomic E-state index is 2.46. The van der Waals surface area contributed by atoms with E-state index in [4.69, 9.17) is 0 Å². The first-order chi connectivity index (χ1) is 7.79. The highest BCUT2D eigenvalue weighted by atomic mass is 14.3. The van der Waals surface area contributed by atoms with Crippen molar-refractivity contribution in [3.8, 4) is 0 Å². The van der Waals surface area contributed by atoms with Gasteiger partial charge in [0, 0.05) is 5.92 Å². The fourth-order valence-electron chi connectivity index (χ4n) is 2.95. The van der Waals surface area contributed by atoms with Gasteiger partial charge in [0.25, 0.3) is 0 Å². The quantitative estimate of drug-likeness (QED) is 0.688. The summed E-state index contributed by atoms with van der Waals surface area (Å²) in [7, 11) is 0. The van der Waals surface area contributed by atoms with E-state index in [2.05, 4.69) is 38.1 Å². The van der Waals surface area contributed by atoms with Gasteiger partial charge in [0.05, 0.1) is 0 Å². The van der Waals surface area contributed by atoms with Crippen LogP contribution in [-0.2, 0) is 12.8 Å². The van der Waals surface area contributed by atoms with Gasteiger partial charge in [-0.05, 0) is 47.4 Å². The van der Waals surface area contributed by atoms with E-state index < -0.39 is 0 Å². The number of allylic oxidation sites excluding steroid dienone is 1. The van der Waals surface area contributed by atoms with Crippen molar-refractivity contribution >= 4 is 6.08 Å². The molecule has 0 heteroatoms. The Hall–Kier alpha value is -1.04. The Morgan fingerprint density at radius 1 is 1.12 bits per heavy atom. The van der Waals surface area contributed by atoms with Crippen LogP contribution in [0.25, 0.3) is 6.08 Å². The fourth-order valence-corrected chi connectivity index (χ4v) is 2.95. The van der Waals surface area contributed by atoms with Crippen LogP contribution in [0.15, 0.2) is 18.2 Å². The maximum Gasteiger partial charge on any atom is 0.0301 e. The van der Waals surface area contributed by atoms with Crippen LogP contribution in [-0.4, -0.2) is 0 Å². The summed E-state index contributed by atoms with van der Waals surface area (Å²) in [6.07, 6.45) is 9.78. The second-order valence-corrected chi connectivity index (χ2v) is 5.16. The van der Waals surface area contributed by atoms with Crippen molar-refractivity contribution < 1.29 is 0 Å². The molecule has 0 fully saturated rings. The predicted molar refractivity (Wildman–Crippen MR) is 69.3 cm³/mol. The largest absolute Gasteiger partial charge is 0.0718 e. The molecule has 2 aliphatic carbocycles. The molecule has 2 aliphatic rings. The summed E-state index contributed by atoms with van der Waals surface area (Å²) in [5.74, 6) is 2.24. The van der Waals surface area contributed by atoms with E-state index in [1.54, 1.807) is 17.0 Å². The number of benzene rings is 1. The number of rotatable bonds is 2. The number of hydrogen-bond donors (Lipinski definition) is 0. The minimum Gasteiger partial charge on any atom is -0.0718 e. The fraction of sp³-hybridized carbons (Fsp3) is 0.438. The van der Waals surface area contributed by atoms with Gasteiger partial charge in [-0.2, -0.15) is 0 Å². The van der Waals surface area contributed by atoms with Crippen molar-refractivity contribution in [2.75, 3.05) is 0 Å². The zero-order valence-electron chi connectivity index (χ0n) is 10.2. The summed E-state index contributed by atoms with van der Waals surface area (Å²) in [6.45, 7) is 4.61. The van der Waals surface area contributed by atoms with Crippen molar-refractivity contribution in [2.24, 2.45) is 5.92 Å². The van der Waals surface area contributed by atoms with Gasteiger partial charge in [-0.25, -0.2) is 0 Å². The van der Waals surface area contributed by atoms with E-state index >= 15 is 0 Å². The van der Waals surface area contributed by atoms with E-state index in [9.17, 15) is 0 Å². The molecule has 0 spiro atoms. The van der Waals surface area contributed by atoms with Crippen LogP contribution >= 0.6 is 0 Å². The van der Waals surface area contributed by atoms with Gasteiger partial charge in [0.2, 0.25) is 0 Å². The first-order valence-electron chi connectivity index (χ1n) is 6.50. The third-order valence-electron chi connectivity index (χ3n) is 4.16. The Morgan fingerprint density at radius 3 is 2.62 bits per heavy atom. The van der Waals surface area contributed by atoms with Crippen LogP contribution < -0.4 is 0 Å². The van der Waals surface area contributed by atoms with Crippen molar-refractivity contribution in [1.29, 1.82) is 0 Å². The molecule has 1 aromatic carbocycles. The molecular formula is C16H19. The molecule has 83 valence electrons. The molecule has 3 rings (SSSR count). The van der Waals surface area contributed by atoms with Crippen molar-refractivity contribution in [2.45, 2.75) is 39.5 Å². The molecule has 0 aliphatic heterocycles. The Morgan fingerprint density at radius 2 is 1.88 bits per heavy atom. The monoisotopic (exact) mass is 211 g/mol. The average molecular weight is 211 g/mol. The molecule has 1 radical (unpaired) electrons. The molecule has 0 heterocycles. The van der Waals surface area contributed by atoms with Gasteiger partial charge in [-0.15, -0.1) is 0 Å². The molecule has 0 saturated heterocycles. The molecule has 0 amide bonds. The summed E-state index contributed by atoms with van der Waals surface area (Å²) in [4.78, 5) is 0. The number of aryl methyl sites for hydroxylation is 2. The third-order valence-corrected chi connectivity index (χ3v) is 4.16. The molecule has 0 saturated carbocycles. The van der Waals surface area contributed by atoms with Crippen LogP contribution in [0.1, 0.15) is 48.9 Å². The van der Waals surface area contributed by atoms with E-state index in [1.165, 1.54) is 36.8 Å². The highest BCUT2D eigenvalue weighted by Gasteiger charge is 2.25. The molecule has 0 nitrogen and oxygen atoms in total. The second kappa shape index (κ2) is 3.76. The van der Waals surface area contributed by atoms with Crippen LogP contribution in [0.4, 0.5) is 0 Å². The lowest BCUT2D eigenvalue weighted by molar-refractivity contribution is 0.621. The van der Waals surface area contributed by atoms with E-state index in [0.717, 1.165) is 0 Å². The van der Waals surface area contributed by atoms with E-state index in [-0.39, 0.29) is 0 Å². The van der Waals surface area contributed by atoms with Crippen LogP contribution in [0.3, 0.4) is 0 Å². The van der Waals surface area contributed by atoms with Gasteiger partial charge < -0.3 is 0 Å². The smallest absolute Gasteiger partial charge is 0.0301 e. The normalized spacial score (nSPS) is 19.9. The lowest BCUT2D eigenvalue weighted by Gasteiger charge is -2.18. The van der Waals surface area contributed by atoms with Gasteiger partial charge in [0.15, 0.2) is 0 Å². The Bertz CT molecular complexity index is 440. The zero-order chi connectivity index (χ0) is 11.1. The Balaban J connectivity index is 2.02. The van der Waals surface area contributed by atoms with E-state index in [0.29, 0.717) is 5.92 Å². The summed E-state index contributed by atoms with van der Waals surface area (Å²) in [6, 6.07) is 4.88. The van der Waals surface area contributed by atoms with Crippen molar-refractivity contribution in [3.63, 3.8) is 0 Å². The minimum atomic E-state index is 0.692. The highest BCUT2D eigenvalue weighted by Crippen LogP contribution is 2.39. The average Bonchev–Trinajstić information content (AvgIpc) is 2.90. The lowest BCUT2D eigenvalue weighted by Crippen LogP contribution is -2.06. The van der Waals surface area contributed by atoms with Crippen molar-refractivity contribution in [3.05, 3.63) is 46.4 Å². The van der Waals surface area contributed by atoms with Crippen LogP contribution in [0, 0.1) is 11.8 Å². The molecular weight excluding hydrogens is 192 g/mol. The topological polar surface area (TPSA) is 0 Å². The molecule has 1 atom stereocenters. The predicted octanol–water partition coefficient (Wildman–Crippen LogP) is 4.17. The van der Waals surface area contributed by atoms with Gasteiger partial charge in [-0.1, -0.05) is 44.6 Å².